The highest BCUT2D eigenvalue weighted by molar-refractivity contribution is 5.69. The van der Waals surface area contributed by atoms with Crippen molar-refractivity contribution >= 4 is 5.97 Å². The number of fused-ring (bicyclic) bond motifs is 5. The van der Waals surface area contributed by atoms with E-state index in [1.54, 1.807) is 5.57 Å². The van der Waals surface area contributed by atoms with Crippen molar-refractivity contribution in [2.75, 3.05) is 0 Å². The van der Waals surface area contributed by atoms with Gasteiger partial charge in [-0.2, -0.15) is 0 Å². The van der Waals surface area contributed by atoms with Gasteiger partial charge < -0.3 is 4.74 Å². The molecular formula is C71H132O2. The normalized spacial score (nSPS) is 25.1. The van der Waals surface area contributed by atoms with Crippen LogP contribution in [-0.2, 0) is 9.53 Å². The molecule has 0 spiro atoms. The maximum Gasteiger partial charge on any atom is 0.306 e. The summed E-state index contributed by atoms with van der Waals surface area (Å²) in [7, 11) is 0. The zero-order chi connectivity index (χ0) is 52.1. The fourth-order valence-electron chi connectivity index (χ4n) is 16.2. The van der Waals surface area contributed by atoms with Crippen LogP contribution in [0.5, 0.6) is 0 Å². The van der Waals surface area contributed by atoms with Crippen LogP contribution in [0.4, 0.5) is 0 Å². The van der Waals surface area contributed by atoms with E-state index in [9.17, 15) is 4.79 Å². The molecule has 4 aliphatic rings. The van der Waals surface area contributed by atoms with E-state index in [1.807, 2.05) is 0 Å². The fourth-order valence-corrected chi connectivity index (χ4v) is 16.2. The first kappa shape index (κ1) is 64.7. The molecule has 2 heteroatoms. The molecule has 8 atom stereocenters. The van der Waals surface area contributed by atoms with Crippen LogP contribution in [-0.4, -0.2) is 12.1 Å². The summed E-state index contributed by atoms with van der Waals surface area (Å²) in [6, 6.07) is 0. The Kier molecular flexibility index (Phi) is 35.8. The third-order valence-electron chi connectivity index (χ3n) is 21.0. The molecule has 0 aromatic heterocycles. The summed E-state index contributed by atoms with van der Waals surface area (Å²) in [5.74, 6) is 5.34. The van der Waals surface area contributed by atoms with E-state index >= 15 is 0 Å². The van der Waals surface area contributed by atoms with E-state index in [0.29, 0.717) is 17.3 Å². The van der Waals surface area contributed by atoms with Crippen molar-refractivity contribution in [2.24, 2.45) is 46.3 Å². The Labute approximate surface area is 459 Å². The van der Waals surface area contributed by atoms with Gasteiger partial charge in [0.05, 0.1) is 0 Å². The maximum atomic E-state index is 13.0. The minimum atomic E-state index is 0.0718. The van der Waals surface area contributed by atoms with Gasteiger partial charge in [0.2, 0.25) is 0 Å². The zero-order valence-corrected chi connectivity index (χ0v) is 50.9. The smallest absolute Gasteiger partial charge is 0.306 e. The summed E-state index contributed by atoms with van der Waals surface area (Å²) in [5.41, 5.74) is 2.54. The van der Waals surface area contributed by atoms with Gasteiger partial charge in [-0.05, 0) is 97.7 Å². The average Bonchev–Trinajstić information content (AvgIpc) is 3.74. The number of hydrogen-bond donors (Lipinski definition) is 0. The predicted octanol–water partition coefficient (Wildman–Crippen LogP) is 24.3. The van der Waals surface area contributed by atoms with Gasteiger partial charge in [-0.1, -0.05) is 329 Å². The van der Waals surface area contributed by atoms with Gasteiger partial charge in [0.25, 0.3) is 0 Å². The van der Waals surface area contributed by atoms with Gasteiger partial charge >= 0.3 is 5.97 Å². The minimum absolute atomic E-state index is 0.0718. The van der Waals surface area contributed by atoms with Gasteiger partial charge in [-0.3, -0.25) is 4.79 Å². The van der Waals surface area contributed by atoms with Crippen LogP contribution in [0, 0.1) is 46.3 Å². The number of hydrogen-bond acceptors (Lipinski definition) is 2. The molecule has 2 nitrogen and oxygen atoms in total. The third kappa shape index (κ3) is 26.1. The van der Waals surface area contributed by atoms with Crippen LogP contribution < -0.4 is 0 Å². The summed E-state index contributed by atoms with van der Waals surface area (Å²) < 4.78 is 6.19. The lowest BCUT2D eigenvalue weighted by atomic mass is 9.47. The molecule has 0 saturated heterocycles. The monoisotopic (exact) mass is 1020 g/mol. The SMILES string of the molecule is CCCCCCCCCCCCCCCCCCCCCCCCCCCCCCCCCCCCCCCCCCCC(=O)OC1CCC2(C)C(=CCC3C2CCC2(C)C(C(C)CCCC(C)C)CCC32)C1. The molecule has 428 valence electrons. The average molecular weight is 1020 g/mol. The quantitative estimate of drug-likeness (QED) is 0.0345. The summed E-state index contributed by atoms with van der Waals surface area (Å²) in [6.07, 6.45) is 77.1. The second-order valence-electron chi connectivity index (χ2n) is 27.5. The largest absolute Gasteiger partial charge is 0.462 e. The van der Waals surface area contributed by atoms with Crippen molar-refractivity contribution in [1.29, 1.82) is 0 Å². The van der Waals surface area contributed by atoms with Crippen LogP contribution in [0.1, 0.15) is 382 Å². The second-order valence-corrected chi connectivity index (χ2v) is 27.5. The Morgan fingerprint density at radius 3 is 1.27 bits per heavy atom. The van der Waals surface area contributed by atoms with Gasteiger partial charge in [0.15, 0.2) is 0 Å². The standard InChI is InChI=1S/C71H132O2/c1-7-8-9-10-11-12-13-14-15-16-17-18-19-20-21-22-23-24-25-26-27-28-29-30-31-32-33-34-35-36-37-38-39-40-41-42-43-44-45-46-47-51-69(72)73-64-56-58-70(5)63(60-64)52-53-65-67-55-54-66(62(4)50-48-49-61(2)3)71(67,6)59-57-68(65)70/h52,61-62,64-68H,7-51,53-60H2,1-6H3. The second kappa shape index (κ2) is 40.4. The number of esters is 1. The fraction of sp³-hybridized carbons (Fsp3) is 0.958. The van der Waals surface area contributed by atoms with Gasteiger partial charge in [-0.25, -0.2) is 0 Å². The molecule has 4 aliphatic carbocycles. The number of carbonyl (C=O) groups excluding carboxylic acids is 1. The number of unbranched alkanes of at least 4 members (excludes halogenated alkanes) is 40. The first-order valence-electron chi connectivity index (χ1n) is 34.6. The van der Waals surface area contributed by atoms with Crippen LogP contribution in [0.15, 0.2) is 11.6 Å². The first-order valence-corrected chi connectivity index (χ1v) is 34.6. The molecule has 0 bridgehead atoms. The van der Waals surface area contributed by atoms with Gasteiger partial charge in [0, 0.05) is 12.8 Å². The minimum Gasteiger partial charge on any atom is -0.462 e. The van der Waals surface area contributed by atoms with Gasteiger partial charge in [0.1, 0.15) is 6.10 Å². The Balaban J connectivity index is 0.827. The molecular weight excluding hydrogens is 885 g/mol. The number of carbonyl (C=O) groups is 1. The lowest BCUT2D eigenvalue weighted by Gasteiger charge is -2.58. The molecule has 0 aromatic rings. The van der Waals surface area contributed by atoms with E-state index in [4.69, 9.17) is 4.74 Å². The molecule has 0 heterocycles. The van der Waals surface area contributed by atoms with Crippen LogP contribution in [0.25, 0.3) is 0 Å². The van der Waals surface area contributed by atoms with Crippen molar-refractivity contribution in [2.45, 2.75) is 388 Å². The zero-order valence-electron chi connectivity index (χ0n) is 50.9. The Hall–Kier alpha value is -0.790. The highest BCUT2D eigenvalue weighted by Crippen LogP contribution is 2.67. The van der Waals surface area contributed by atoms with E-state index in [2.05, 4.69) is 47.6 Å². The molecule has 0 aliphatic heterocycles. The lowest BCUT2D eigenvalue weighted by Crippen LogP contribution is -2.51. The lowest BCUT2D eigenvalue weighted by molar-refractivity contribution is -0.151. The first-order chi connectivity index (χ1) is 35.7. The molecule has 4 rings (SSSR count). The van der Waals surface area contributed by atoms with E-state index in [1.165, 1.54) is 315 Å². The van der Waals surface area contributed by atoms with Crippen LogP contribution in [0.2, 0.25) is 0 Å². The Morgan fingerprint density at radius 2 is 0.877 bits per heavy atom. The van der Waals surface area contributed by atoms with Crippen molar-refractivity contribution < 1.29 is 9.53 Å². The van der Waals surface area contributed by atoms with Crippen molar-refractivity contribution in [3.05, 3.63) is 11.6 Å². The molecule has 3 saturated carbocycles. The molecule has 0 amide bonds. The molecule has 0 aromatic carbocycles. The topological polar surface area (TPSA) is 26.3 Å². The Morgan fingerprint density at radius 1 is 0.479 bits per heavy atom. The highest BCUT2D eigenvalue weighted by atomic mass is 16.5. The summed E-state index contributed by atoms with van der Waals surface area (Å²) in [5, 5.41) is 0. The number of allylic oxidation sites excluding steroid dienone is 1. The van der Waals surface area contributed by atoms with Gasteiger partial charge in [-0.15, -0.1) is 0 Å². The summed E-state index contributed by atoms with van der Waals surface area (Å²) in [6.45, 7) is 15.0. The van der Waals surface area contributed by atoms with E-state index in [-0.39, 0.29) is 12.1 Å². The van der Waals surface area contributed by atoms with Crippen LogP contribution in [0.3, 0.4) is 0 Å². The summed E-state index contributed by atoms with van der Waals surface area (Å²) >= 11 is 0. The maximum absolute atomic E-state index is 13.0. The van der Waals surface area contributed by atoms with Crippen molar-refractivity contribution in [3.8, 4) is 0 Å². The molecule has 0 N–H and O–H groups in total. The number of ether oxygens (including phenoxy) is 1. The highest BCUT2D eigenvalue weighted by Gasteiger charge is 2.59. The molecule has 0 radical (unpaired) electrons. The van der Waals surface area contributed by atoms with Crippen molar-refractivity contribution in [3.63, 3.8) is 0 Å². The van der Waals surface area contributed by atoms with Crippen molar-refractivity contribution in [1.82, 2.24) is 0 Å². The summed E-state index contributed by atoms with van der Waals surface area (Å²) in [4.78, 5) is 13.0. The molecule has 8 unspecified atom stereocenters. The predicted molar refractivity (Wildman–Crippen MR) is 323 cm³/mol. The third-order valence-corrected chi connectivity index (χ3v) is 21.0. The molecule has 3 fully saturated rings. The molecule has 73 heavy (non-hydrogen) atoms. The Bertz CT molecular complexity index is 1350. The number of rotatable bonds is 48. The van der Waals surface area contributed by atoms with E-state index in [0.717, 1.165) is 54.8 Å². The van der Waals surface area contributed by atoms with Crippen LogP contribution >= 0.6 is 0 Å². The van der Waals surface area contributed by atoms with E-state index < -0.39 is 0 Å².